The van der Waals surface area contributed by atoms with Gasteiger partial charge in [-0.15, -0.1) is 0 Å². The molecule has 6 heteroatoms. The van der Waals surface area contributed by atoms with E-state index in [1.54, 1.807) is 0 Å². The van der Waals surface area contributed by atoms with Gasteiger partial charge in [-0.3, -0.25) is 4.79 Å². The maximum Gasteiger partial charge on any atom is 0.322 e. The highest BCUT2D eigenvalue weighted by molar-refractivity contribution is 7.89. The van der Waals surface area contributed by atoms with Crippen molar-refractivity contribution in [2.75, 3.05) is 6.54 Å². The molecule has 5 nitrogen and oxygen atoms in total. The van der Waals surface area contributed by atoms with Gasteiger partial charge in [0.2, 0.25) is 10.0 Å². The Labute approximate surface area is 108 Å². The van der Waals surface area contributed by atoms with E-state index in [1.165, 1.54) is 4.31 Å². The summed E-state index contributed by atoms with van der Waals surface area (Å²) in [4.78, 5) is 11.2. The number of sulfonamides is 1. The van der Waals surface area contributed by atoms with E-state index in [4.69, 9.17) is 5.11 Å². The van der Waals surface area contributed by atoms with Crippen LogP contribution in [0.25, 0.3) is 0 Å². The summed E-state index contributed by atoms with van der Waals surface area (Å²) < 4.78 is 26.3. The Balaban J connectivity index is 2.18. The highest BCUT2D eigenvalue weighted by atomic mass is 32.2. The largest absolute Gasteiger partial charge is 0.480 e. The number of hydrogen-bond acceptors (Lipinski definition) is 3. The first-order chi connectivity index (χ1) is 8.53. The van der Waals surface area contributed by atoms with Crippen LogP contribution in [0.3, 0.4) is 0 Å². The van der Waals surface area contributed by atoms with Crippen LogP contribution in [0.5, 0.6) is 0 Å². The summed E-state index contributed by atoms with van der Waals surface area (Å²) in [6, 6.07) is -0.842. The van der Waals surface area contributed by atoms with Crippen LogP contribution in [0.2, 0.25) is 0 Å². The van der Waals surface area contributed by atoms with Crippen molar-refractivity contribution in [2.45, 2.75) is 62.7 Å². The molecule has 0 aromatic heterocycles. The highest BCUT2D eigenvalue weighted by Gasteiger charge is 2.40. The molecule has 2 fully saturated rings. The van der Waals surface area contributed by atoms with E-state index < -0.39 is 22.0 Å². The van der Waals surface area contributed by atoms with Crippen molar-refractivity contribution in [1.29, 1.82) is 0 Å². The molecule has 1 N–H and O–H groups in total. The maximum atomic E-state index is 12.5. The predicted octanol–water partition coefficient (Wildman–Crippen LogP) is 1.59. The summed E-state index contributed by atoms with van der Waals surface area (Å²) in [5, 5.41) is 8.81. The number of carboxylic acids is 1. The molecule has 1 saturated heterocycles. The van der Waals surface area contributed by atoms with Gasteiger partial charge < -0.3 is 5.11 Å². The molecule has 0 bridgehead atoms. The average molecular weight is 275 g/mol. The first-order valence-corrected chi connectivity index (χ1v) is 8.27. The SMILES string of the molecule is O=C(O)[C@@H]1CCCCN1S(=O)(=O)C1CCCCC1. The fourth-order valence-corrected chi connectivity index (χ4v) is 5.26. The van der Waals surface area contributed by atoms with Crippen LogP contribution >= 0.6 is 0 Å². The van der Waals surface area contributed by atoms with Crippen LogP contribution in [0.15, 0.2) is 0 Å². The van der Waals surface area contributed by atoms with Gasteiger partial charge in [0.05, 0.1) is 5.25 Å². The van der Waals surface area contributed by atoms with Gasteiger partial charge in [-0.25, -0.2) is 8.42 Å². The minimum absolute atomic E-state index is 0.355. The summed E-state index contributed by atoms with van der Waals surface area (Å²) in [6.07, 6.45) is 6.36. The molecule has 0 amide bonds. The third kappa shape index (κ3) is 2.69. The van der Waals surface area contributed by atoms with Gasteiger partial charge in [0.15, 0.2) is 0 Å². The lowest BCUT2D eigenvalue weighted by molar-refractivity contribution is -0.142. The molecule has 0 unspecified atom stereocenters. The lowest BCUT2D eigenvalue weighted by Crippen LogP contribution is -2.51. The van der Waals surface area contributed by atoms with Crippen molar-refractivity contribution in [3.8, 4) is 0 Å². The van der Waals surface area contributed by atoms with Crippen molar-refractivity contribution < 1.29 is 18.3 Å². The van der Waals surface area contributed by atoms with Gasteiger partial charge in [0.25, 0.3) is 0 Å². The molecular formula is C12H21NO4S. The lowest BCUT2D eigenvalue weighted by Gasteiger charge is -2.35. The van der Waals surface area contributed by atoms with Crippen LogP contribution in [-0.2, 0) is 14.8 Å². The van der Waals surface area contributed by atoms with E-state index in [2.05, 4.69) is 0 Å². The zero-order valence-corrected chi connectivity index (χ0v) is 11.4. The van der Waals surface area contributed by atoms with E-state index in [-0.39, 0.29) is 5.25 Å². The van der Waals surface area contributed by atoms with Crippen LogP contribution in [0.1, 0.15) is 51.4 Å². The second-order valence-corrected chi connectivity index (χ2v) is 7.43. The van der Waals surface area contributed by atoms with E-state index in [0.29, 0.717) is 25.8 Å². The summed E-state index contributed by atoms with van der Waals surface area (Å²) >= 11 is 0. The maximum absolute atomic E-state index is 12.5. The van der Waals surface area contributed by atoms with Gasteiger partial charge in [-0.05, 0) is 32.1 Å². The molecule has 0 radical (unpaired) electrons. The quantitative estimate of drug-likeness (QED) is 0.848. The van der Waals surface area contributed by atoms with Crippen LogP contribution in [-0.4, -0.2) is 41.6 Å². The van der Waals surface area contributed by atoms with Crippen molar-refractivity contribution in [2.24, 2.45) is 0 Å². The van der Waals surface area contributed by atoms with Crippen molar-refractivity contribution in [3.05, 3.63) is 0 Å². The molecule has 18 heavy (non-hydrogen) atoms. The van der Waals surface area contributed by atoms with Gasteiger partial charge in [-0.2, -0.15) is 4.31 Å². The van der Waals surface area contributed by atoms with Crippen LogP contribution in [0.4, 0.5) is 0 Å². The van der Waals surface area contributed by atoms with E-state index in [1.807, 2.05) is 0 Å². The van der Waals surface area contributed by atoms with Gasteiger partial charge in [0, 0.05) is 6.54 Å². The smallest absolute Gasteiger partial charge is 0.322 e. The second kappa shape index (κ2) is 5.57. The fraction of sp³-hybridized carbons (Fsp3) is 0.917. The van der Waals surface area contributed by atoms with Crippen LogP contribution < -0.4 is 0 Å². The number of hydrogen-bond donors (Lipinski definition) is 1. The molecule has 2 aliphatic rings. The predicted molar refractivity (Wildman–Crippen MR) is 67.8 cm³/mol. The summed E-state index contributed by atoms with van der Waals surface area (Å²) in [5.74, 6) is -1.01. The minimum Gasteiger partial charge on any atom is -0.480 e. The molecule has 1 saturated carbocycles. The Morgan fingerprint density at radius 2 is 1.61 bits per heavy atom. The first-order valence-electron chi connectivity index (χ1n) is 6.77. The van der Waals surface area contributed by atoms with Crippen LogP contribution in [0, 0.1) is 0 Å². The Kier molecular flexibility index (Phi) is 4.27. The standard InChI is InChI=1S/C12H21NO4S/c14-12(15)11-8-4-5-9-13(11)18(16,17)10-6-2-1-3-7-10/h10-11H,1-9H2,(H,14,15)/t11-/m0/s1. The Morgan fingerprint density at radius 3 is 2.22 bits per heavy atom. The first kappa shape index (κ1) is 13.8. The monoisotopic (exact) mass is 275 g/mol. The second-order valence-electron chi connectivity index (χ2n) is 5.27. The molecule has 0 aromatic carbocycles. The summed E-state index contributed by atoms with van der Waals surface area (Å²) in [7, 11) is -3.43. The number of aliphatic carboxylic acids is 1. The molecule has 1 atom stereocenters. The Morgan fingerprint density at radius 1 is 1.00 bits per heavy atom. The lowest BCUT2D eigenvalue weighted by atomic mass is 10.0. The minimum atomic E-state index is -3.43. The fourth-order valence-electron chi connectivity index (χ4n) is 3.01. The number of piperidine rings is 1. The number of carboxylic acid groups (broad SMARTS) is 1. The number of nitrogens with zero attached hydrogens (tertiary/aromatic N) is 1. The highest BCUT2D eigenvalue weighted by Crippen LogP contribution is 2.30. The Bertz CT molecular complexity index is 400. The summed E-state index contributed by atoms with van der Waals surface area (Å²) in [5.41, 5.74) is 0. The molecule has 1 aliphatic heterocycles. The molecule has 1 aliphatic carbocycles. The van der Waals surface area contributed by atoms with Gasteiger partial charge in [0.1, 0.15) is 6.04 Å². The van der Waals surface area contributed by atoms with Crippen molar-refractivity contribution in [3.63, 3.8) is 0 Å². The van der Waals surface area contributed by atoms with Gasteiger partial charge in [-0.1, -0.05) is 19.3 Å². The van der Waals surface area contributed by atoms with E-state index in [9.17, 15) is 13.2 Å². The molecule has 2 rings (SSSR count). The zero-order chi connectivity index (χ0) is 13.2. The van der Waals surface area contributed by atoms with E-state index >= 15 is 0 Å². The van der Waals surface area contributed by atoms with Gasteiger partial charge >= 0.3 is 5.97 Å². The topological polar surface area (TPSA) is 74.7 Å². The molecule has 1 heterocycles. The Hall–Kier alpha value is -0.620. The molecular weight excluding hydrogens is 254 g/mol. The molecule has 104 valence electrons. The third-order valence-electron chi connectivity index (χ3n) is 4.04. The number of carbonyl (C=O) groups is 1. The average Bonchev–Trinajstić information content (AvgIpc) is 2.39. The normalized spacial score (nSPS) is 28.1. The summed E-state index contributed by atoms with van der Waals surface area (Å²) in [6.45, 7) is 0.371. The van der Waals surface area contributed by atoms with Crippen molar-refractivity contribution >= 4 is 16.0 Å². The molecule has 0 spiro atoms. The van der Waals surface area contributed by atoms with E-state index in [0.717, 1.165) is 32.1 Å². The third-order valence-corrected chi connectivity index (χ3v) is 6.44. The van der Waals surface area contributed by atoms with Crippen molar-refractivity contribution in [1.82, 2.24) is 4.31 Å². The number of rotatable bonds is 3. The zero-order valence-electron chi connectivity index (χ0n) is 10.5. The molecule has 0 aromatic rings.